The van der Waals surface area contributed by atoms with Gasteiger partial charge in [-0.25, -0.2) is 8.42 Å². The molecule has 1 aliphatic heterocycles. The Morgan fingerprint density at radius 1 is 0.818 bits per heavy atom. The van der Waals surface area contributed by atoms with E-state index in [2.05, 4.69) is 6.92 Å². The van der Waals surface area contributed by atoms with Crippen LogP contribution in [0.5, 0.6) is 0 Å². The van der Waals surface area contributed by atoms with Crippen LogP contribution in [0.15, 0.2) is 47.4 Å². The van der Waals surface area contributed by atoms with E-state index in [1.165, 1.54) is 15.9 Å². The summed E-state index contributed by atoms with van der Waals surface area (Å²) in [6.07, 6.45) is 0.923. The second kappa shape index (κ2) is 10.5. The summed E-state index contributed by atoms with van der Waals surface area (Å²) in [5.41, 5.74) is 2.79. The number of rotatable bonds is 7. The van der Waals surface area contributed by atoms with Crippen LogP contribution in [0.3, 0.4) is 0 Å². The number of sulfonamides is 1. The smallest absolute Gasteiger partial charge is 0.254 e. The number of hydrogen-bond donors (Lipinski definition) is 0. The molecule has 8 heteroatoms. The van der Waals surface area contributed by atoms with E-state index < -0.39 is 10.0 Å². The quantitative estimate of drug-likeness (QED) is 0.621. The van der Waals surface area contributed by atoms with Gasteiger partial charge in [0.2, 0.25) is 10.0 Å². The SMILES string of the molecule is CCc1ccc(C(=O)N2CCN(C(=O)c3ccc(C)c(S(=O)(=O)N(CC)CC)c3)CC2)cc1. The lowest BCUT2D eigenvalue weighted by atomic mass is 10.1. The lowest BCUT2D eigenvalue weighted by Crippen LogP contribution is -2.50. The third-order valence-corrected chi connectivity index (χ3v) is 8.41. The van der Waals surface area contributed by atoms with Crippen molar-refractivity contribution >= 4 is 21.8 Å². The molecule has 1 fully saturated rings. The number of nitrogens with zero attached hydrogens (tertiary/aromatic N) is 3. The lowest BCUT2D eigenvalue weighted by Gasteiger charge is -2.35. The average molecular weight is 472 g/mol. The predicted octanol–water partition coefficient (Wildman–Crippen LogP) is 3.19. The van der Waals surface area contributed by atoms with E-state index in [4.69, 9.17) is 0 Å². The molecule has 1 aliphatic rings. The van der Waals surface area contributed by atoms with Crippen molar-refractivity contribution < 1.29 is 18.0 Å². The predicted molar refractivity (Wildman–Crippen MR) is 129 cm³/mol. The Morgan fingerprint density at radius 3 is 1.79 bits per heavy atom. The van der Waals surface area contributed by atoms with Crippen molar-refractivity contribution in [3.05, 3.63) is 64.7 Å². The van der Waals surface area contributed by atoms with Crippen molar-refractivity contribution in [2.45, 2.75) is 39.0 Å². The Labute approximate surface area is 197 Å². The molecule has 0 spiro atoms. The van der Waals surface area contributed by atoms with E-state index in [0.717, 1.165) is 6.42 Å². The minimum absolute atomic E-state index is 0.0345. The third kappa shape index (κ3) is 5.28. The summed E-state index contributed by atoms with van der Waals surface area (Å²) >= 11 is 0. The molecule has 2 aromatic rings. The lowest BCUT2D eigenvalue weighted by molar-refractivity contribution is 0.0535. The molecule has 1 heterocycles. The van der Waals surface area contributed by atoms with Crippen LogP contribution in [0, 0.1) is 6.92 Å². The Hall–Kier alpha value is -2.71. The molecule has 0 atom stereocenters. The van der Waals surface area contributed by atoms with Crippen LogP contribution in [-0.4, -0.2) is 73.6 Å². The first-order valence-electron chi connectivity index (χ1n) is 11.5. The first-order valence-corrected chi connectivity index (χ1v) is 12.9. The topological polar surface area (TPSA) is 78.0 Å². The van der Waals surface area contributed by atoms with Crippen LogP contribution in [0.4, 0.5) is 0 Å². The summed E-state index contributed by atoms with van der Waals surface area (Å²) in [6.45, 7) is 9.83. The van der Waals surface area contributed by atoms with E-state index in [1.54, 1.807) is 42.7 Å². The van der Waals surface area contributed by atoms with Crippen LogP contribution in [0.25, 0.3) is 0 Å². The number of carbonyl (C=O) groups is 2. The fraction of sp³-hybridized carbons (Fsp3) is 0.440. The van der Waals surface area contributed by atoms with Gasteiger partial charge in [-0.3, -0.25) is 9.59 Å². The zero-order valence-corrected chi connectivity index (χ0v) is 20.7. The molecular weight excluding hydrogens is 438 g/mol. The molecule has 0 aliphatic carbocycles. The monoisotopic (exact) mass is 471 g/mol. The van der Waals surface area contributed by atoms with Gasteiger partial charge in [-0.05, 0) is 48.7 Å². The number of benzene rings is 2. The minimum atomic E-state index is -3.66. The molecule has 0 aromatic heterocycles. The summed E-state index contributed by atoms with van der Waals surface area (Å²) in [6, 6.07) is 12.5. The highest BCUT2D eigenvalue weighted by Gasteiger charge is 2.28. The van der Waals surface area contributed by atoms with Gasteiger partial charge in [-0.1, -0.05) is 39.0 Å². The minimum Gasteiger partial charge on any atom is -0.335 e. The molecule has 0 N–H and O–H groups in total. The van der Waals surface area contributed by atoms with Gasteiger partial charge in [0.25, 0.3) is 11.8 Å². The van der Waals surface area contributed by atoms with Crippen molar-refractivity contribution in [2.24, 2.45) is 0 Å². The highest BCUT2D eigenvalue weighted by atomic mass is 32.2. The van der Waals surface area contributed by atoms with E-state index in [1.807, 2.05) is 24.3 Å². The van der Waals surface area contributed by atoms with Gasteiger partial charge in [0.05, 0.1) is 4.90 Å². The van der Waals surface area contributed by atoms with E-state index in [0.29, 0.717) is 56.0 Å². The molecule has 1 saturated heterocycles. The highest BCUT2D eigenvalue weighted by molar-refractivity contribution is 7.89. The Balaban J connectivity index is 1.71. The molecule has 2 amide bonds. The number of carbonyl (C=O) groups excluding carboxylic acids is 2. The summed E-state index contributed by atoms with van der Waals surface area (Å²) in [5.74, 6) is -0.252. The Kier molecular flexibility index (Phi) is 7.92. The van der Waals surface area contributed by atoms with Crippen molar-refractivity contribution in [3.63, 3.8) is 0 Å². The summed E-state index contributed by atoms with van der Waals surface area (Å²) in [4.78, 5) is 29.6. The van der Waals surface area contributed by atoms with Crippen molar-refractivity contribution in [1.29, 1.82) is 0 Å². The molecule has 3 rings (SSSR count). The average Bonchev–Trinajstić information content (AvgIpc) is 2.84. The van der Waals surface area contributed by atoms with Gasteiger partial charge in [-0.15, -0.1) is 0 Å². The summed E-state index contributed by atoms with van der Waals surface area (Å²) in [7, 11) is -3.66. The maximum absolute atomic E-state index is 13.1. The van der Waals surface area contributed by atoms with E-state index >= 15 is 0 Å². The van der Waals surface area contributed by atoms with Crippen molar-refractivity contribution in [1.82, 2.24) is 14.1 Å². The van der Waals surface area contributed by atoms with Gasteiger partial charge in [0.1, 0.15) is 0 Å². The van der Waals surface area contributed by atoms with Gasteiger partial charge >= 0.3 is 0 Å². The second-order valence-corrected chi connectivity index (χ2v) is 10.1. The third-order valence-electron chi connectivity index (χ3n) is 6.22. The van der Waals surface area contributed by atoms with Gasteiger partial charge in [0.15, 0.2) is 0 Å². The molecule has 2 aromatic carbocycles. The second-order valence-electron chi connectivity index (χ2n) is 8.20. The molecule has 0 radical (unpaired) electrons. The molecule has 0 saturated carbocycles. The number of hydrogen-bond acceptors (Lipinski definition) is 4. The van der Waals surface area contributed by atoms with E-state index in [-0.39, 0.29) is 16.7 Å². The number of piperazine rings is 1. The molecule has 7 nitrogen and oxygen atoms in total. The Morgan fingerprint density at radius 2 is 1.30 bits per heavy atom. The maximum atomic E-state index is 13.1. The summed E-state index contributed by atoms with van der Waals surface area (Å²) in [5, 5.41) is 0. The highest BCUT2D eigenvalue weighted by Crippen LogP contribution is 2.23. The molecule has 178 valence electrons. The number of amides is 2. The molecule has 0 unspecified atom stereocenters. The first-order chi connectivity index (χ1) is 15.7. The van der Waals surface area contributed by atoms with Crippen molar-refractivity contribution in [3.8, 4) is 0 Å². The fourth-order valence-corrected chi connectivity index (χ4v) is 5.78. The van der Waals surface area contributed by atoms with Gasteiger partial charge < -0.3 is 9.80 Å². The van der Waals surface area contributed by atoms with Gasteiger partial charge in [0, 0.05) is 50.4 Å². The zero-order valence-electron chi connectivity index (χ0n) is 19.9. The van der Waals surface area contributed by atoms with Crippen LogP contribution in [0.1, 0.15) is 52.6 Å². The van der Waals surface area contributed by atoms with Gasteiger partial charge in [-0.2, -0.15) is 4.31 Å². The van der Waals surface area contributed by atoms with E-state index in [9.17, 15) is 18.0 Å². The first kappa shape index (κ1) is 24.9. The van der Waals surface area contributed by atoms with Crippen LogP contribution in [-0.2, 0) is 16.4 Å². The van der Waals surface area contributed by atoms with Crippen LogP contribution in [0.2, 0.25) is 0 Å². The van der Waals surface area contributed by atoms with Crippen molar-refractivity contribution in [2.75, 3.05) is 39.3 Å². The van der Waals surface area contributed by atoms with Crippen LogP contribution >= 0.6 is 0 Å². The maximum Gasteiger partial charge on any atom is 0.254 e. The largest absolute Gasteiger partial charge is 0.335 e. The summed E-state index contributed by atoms with van der Waals surface area (Å²) < 4.78 is 27.4. The molecule has 0 bridgehead atoms. The standard InChI is InChI=1S/C25H33N3O4S/c1-5-20-9-12-21(13-10-20)24(29)26-14-16-27(17-15-26)25(30)22-11-8-19(4)23(18-22)33(31,32)28(6-2)7-3/h8-13,18H,5-7,14-17H2,1-4H3. The van der Waals surface area contributed by atoms with Crippen LogP contribution < -0.4 is 0 Å². The molecule has 33 heavy (non-hydrogen) atoms. The fourth-order valence-electron chi connectivity index (χ4n) is 4.07. The Bertz CT molecular complexity index is 1100. The zero-order chi connectivity index (χ0) is 24.2. The normalized spacial score (nSPS) is 14.6. The molecular formula is C25H33N3O4S. The number of aryl methyl sites for hydroxylation is 2.